The lowest BCUT2D eigenvalue weighted by atomic mass is 10.1. The van der Waals surface area contributed by atoms with E-state index in [1.165, 1.54) is 24.3 Å². The Morgan fingerprint density at radius 3 is 2.34 bits per heavy atom. The summed E-state index contributed by atoms with van der Waals surface area (Å²) in [6.07, 6.45) is 0. The smallest absolute Gasteiger partial charge is 0.261 e. The van der Waals surface area contributed by atoms with Crippen LogP contribution in [-0.2, 0) is 6.54 Å². The first-order chi connectivity index (χ1) is 15.5. The minimum absolute atomic E-state index is 0.147. The molecule has 4 aromatic rings. The SMILES string of the molecule is CCN(C(=O)c1ccc(F)cc1)C(C)c1nc2ccccc2c(=O)n1Cc1ccccc1. The van der Waals surface area contributed by atoms with Crippen LogP contribution in [-0.4, -0.2) is 26.9 Å². The van der Waals surface area contributed by atoms with Gasteiger partial charge >= 0.3 is 0 Å². The molecule has 3 aromatic carbocycles. The number of carbonyl (C=O) groups is 1. The molecule has 0 bridgehead atoms. The van der Waals surface area contributed by atoms with Gasteiger partial charge in [0.2, 0.25) is 0 Å². The summed E-state index contributed by atoms with van der Waals surface area (Å²) in [6.45, 7) is 4.49. The quantitative estimate of drug-likeness (QED) is 0.442. The van der Waals surface area contributed by atoms with Crippen LogP contribution in [0.15, 0.2) is 83.7 Å². The molecule has 0 aliphatic carbocycles. The minimum Gasteiger partial charge on any atom is -0.329 e. The van der Waals surface area contributed by atoms with Gasteiger partial charge in [0, 0.05) is 12.1 Å². The summed E-state index contributed by atoms with van der Waals surface area (Å²) in [4.78, 5) is 33.1. The minimum atomic E-state index is -0.474. The van der Waals surface area contributed by atoms with Gasteiger partial charge in [-0.05, 0) is 55.8 Å². The van der Waals surface area contributed by atoms with Crippen molar-refractivity contribution in [1.29, 1.82) is 0 Å². The fourth-order valence-electron chi connectivity index (χ4n) is 3.91. The summed E-state index contributed by atoms with van der Waals surface area (Å²) in [5.74, 6) is -0.130. The Morgan fingerprint density at radius 2 is 1.66 bits per heavy atom. The van der Waals surface area contributed by atoms with E-state index in [1.54, 1.807) is 21.6 Å². The Hall–Kier alpha value is -3.80. The third kappa shape index (κ3) is 4.17. The lowest BCUT2D eigenvalue weighted by molar-refractivity contribution is 0.0691. The topological polar surface area (TPSA) is 55.2 Å². The van der Waals surface area contributed by atoms with Crippen LogP contribution in [0.1, 0.15) is 41.6 Å². The summed E-state index contributed by atoms with van der Waals surface area (Å²) >= 11 is 0. The zero-order valence-corrected chi connectivity index (χ0v) is 18.0. The molecule has 1 aromatic heterocycles. The maximum atomic E-state index is 13.4. The van der Waals surface area contributed by atoms with E-state index in [1.807, 2.05) is 56.3 Å². The Morgan fingerprint density at radius 1 is 1.00 bits per heavy atom. The van der Waals surface area contributed by atoms with Gasteiger partial charge in [0.25, 0.3) is 11.5 Å². The second-order valence-electron chi connectivity index (χ2n) is 7.64. The predicted octanol–water partition coefficient (Wildman–Crippen LogP) is 4.81. The van der Waals surface area contributed by atoms with Gasteiger partial charge in [0.05, 0.1) is 23.5 Å². The number of fused-ring (bicyclic) bond motifs is 1. The molecule has 0 fully saturated rings. The number of hydrogen-bond donors (Lipinski definition) is 0. The molecule has 6 heteroatoms. The third-order valence-electron chi connectivity index (χ3n) is 5.61. The van der Waals surface area contributed by atoms with Crippen molar-refractivity contribution in [3.63, 3.8) is 0 Å². The van der Waals surface area contributed by atoms with E-state index in [0.29, 0.717) is 35.4 Å². The van der Waals surface area contributed by atoms with Crippen molar-refractivity contribution in [2.45, 2.75) is 26.4 Å². The van der Waals surface area contributed by atoms with Crippen LogP contribution in [0.25, 0.3) is 10.9 Å². The zero-order valence-electron chi connectivity index (χ0n) is 18.0. The first-order valence-corrected chi connectivity index (χ1v) is 10.6. The average Bonchev–Trinajstić information content (AvgIpc) is 2.82. The molecule has 1 heterocycles. The number of amides is 1. The highest BCUT2D eigenvalue weighted by atomic mass is 19.1. The van der Waals surface area contributed by atoms with Crippen LogP contribution in [0, 0.1) is 5.82 Å². The van der Waals surface area contributed by atoms with Crippen LogP contribution < -0.4 is 5.56 Å². The van der Waals surface area contributed by atoms with Crippen LogP contribution in [0.3, 0.4) is 0 Å². The van der Waals surface area contributed by atoms with Gasteiger partial charge in [-0.1, -0.05) is 42.5 Å². The molecule has 0 saturated carbocycles. The molecule has 0 radical (unpaired) electrons. The Balaban J connectivity index is 1.82. The largest absolute Gasteiger partial charge is 0.329 e. The molecule has 0 spiro atoms. The zero-order chi connectivity index (χ0) is 22.7. The lowest BCUT2D eigenvalue weighted by Crippen LogP contribution is -2.38. The molecule has 4 rings (SSSR count). The summed E-state index contributed by atoms with van der Waals surface area (Å²) < 4.78 is 15.0. The molecular formula is C26H24FN3O2. The molecule has 0 aliphatic heterocycles. The second kappa shape index (κ2) is 9.14. The van der Waals surface area contributed by atoms with Crippen molar-refractivity contribution >= 4 is 16.8 Å². The summed E-state index contributed by atoms with van der Waals surface area (Å²) in [5, 5.41) is 0.535. The van der Waals surface area contributed by atoms with Gasteiger partial charge < -0.3 is 4.90 Å². The highest BCUT2D eigenvalue weighted by Crippen LogP contribution is 2.23. The number of nitrogens with zero attached hydrogens (tertiary/aromatic N) is 3. The van der Waals surface area contributed by atoms with E-state index in [-0.39, 0.29) is 11.5 Å². The highest BCUT2D eigenvalue weighted by Gasteiger charge is 2.26. The number of hydrogen-bond acceptors (Lipinski definition) is 3. The second-order valence-corrected chi connectivity index (χ2v) is 7.64. The molecule has 162 valence electrons. The number of rotatable bonds is 6. The van der Waals surface area contributed by atoms with Crippen LogP contribution in [0.2, 0.25) is 0 Å². The van der Waals surface area contributed by atoms with Crippen molar-refractivity contribution in [3.05, 3.63) is 112 Å². The fourth-order valence-corrected chi connectivity index (χ4v) is 3.91. The van der Waals surface area contributed by atoms with E-state index in [4.69, 9.17) is 4.98 Å². The number of halogens is 1. The number of para-hydroxylation sites is 1. The Kier molecular flexibility index (Phi) is 6.12. The third-order valence-corrected chi connectivity index (χ3v) is 5.61. The molecule has 1 amide bonds. The molecule has 1 unspecified atom stereocenters. The summed E-state index contributed by atoms with van der Waals surface area (Å²) in [6, 6.07) is 21.9. The van der Waals surface area contributed by atoms with Crippen LogP contribution in [0.5, 0.6) is 0 Å². The van der Waals surface area contributed by atoms with Crippen molar-refractivity contribution < 1.29 is 9.18 Å². The van der Waals surface area contributed by atoms with Crippen LogP contribution in [0.4, 0.5) is 4.39 Å². The molecule has 0 saturated heterocycles. The Bertz CT molecular complexity index is 1300. The van der Waals surface area contributed by atoms with E-state index in [9.17, 15) is 14.0 Å². The predicted molar refractivity (Wildman–Crippen MR) is 123 cm³/mol. The van der Waals surface area contributed by atoms with Gasteiger partial charge in [-0.25, -0.2) is 9.37 Å². The lowest BCUT2D eigenvalue weighted by Gasteiger charge is -2.29. The average molecular weight is 429 g/mol. The first kappa shape index (κ1) is 21.4. The van der Waals surface area contributed by atoms with Crippen molar-refractivity contribution in [2.24, 2.45) is 0 Å². The van der Waals surface area contributed by atoms with Gasteiger partial charge in [-0.3, -0.25) is 14.2 Å². The maximum Gasteiger partial charge on any atom is 0.261 e. The van der Waals surface area contributed by atoms with Crippen LogP contribution >= 0.6 is 0 Å². The van der Waals surface area contributed by atoms with Crippen molar-refractivity contribution in [3.8, 4) is 0 Å². The van der Waals surface area contributed by atoms with E-state index in [0.717, 1.165) is 5.56 Å². The normalized spacial score (nSPS) is 12.0. The maximum absolute atomic E-state index is 13.4. The van der Waals surface area contributed by atoms with E-state index >= 15 is 0 Å². The molecular weight excluding hydrogens is 405 g/mol. The molecule has 0 aliphatic rings. The molecule has 0 N–H and O–H groups in total. The number of aromatic nitrogens is 2. The fraction of sp³-hybridized carbons (Fsp3) is 0.192. The van der Waals surface area contributed by atoms with E-state index in [2.05, 4.69) is 0 Å². The summed E-state index contributed by atoms with van der Waals surface area (Å²) in [7, 11) is 0. The molecule has 5 nitrogen and oxygen atoms in total. The van der Waals surface area contributed by atoms with E-state index < -0.39 is 11.9 Å². The number of carbonyl (C=O) groups excluding carboxylic acids is 1. The highest BCUT2D eigenvalue weighted by molar-refractivity contribution is 5.94. The standard InChI is InChI=1S/C26H24FN3O2/c1-3-29(25(31)20-13-15-21(27)16-14-20)18(2)24-28-23-12-8-7-11-22(23)26(32)30(24)17-19-9-5-4-6-10-19/h4-16,18H,3,17H2,1-2H3. The van der Waals surface area contributed by atoms with Crippen molar-refractivity contribution in [2.75, 3.05) is 6.54 Å². The first-order valence-electron chi connectivity index (χ1n) is 10.6. The van der Waals surface area contributed by atoms with Gasteiger partial charge in [-0.15, -0.1) is 0 Å². The van der Waals surface area contributed by atoms with Crippen molar-refractivity contribution in [1.82, 2.24) is 14.5 Å². The number of benzene rings is 3. The summed E-state index contributed by atoms with van der Waals surface area (Å²) in [5.41, 5.74) is 1.80. The van der Waals surface area contributed by atoms with Gasteiger partial charge in [0.1, 0.15) is 11.6 Å². The van der Waals surface area contributed by atoms with Gasteiger partial charge in [-0.2, -0.15) is 0 Å². The molecule has 1 atom stereocenters. The van der Waals surface area contributed by atoms with Gasteiger partial charge in [0.15, 0.2) is 0 Å². The monoisotopic (exact) mass is 429 g/mol. The molecule has 32 heavy (non-hydrogen) atoms. The Labute approximate surface area is 185 Å².